The molecule has 1 heterocycles. The number of nitrogens with one attached hydrogen (secondary N) is 1. The maximum atomic E-state index is 13.5. The lowest BCUT2D eigenvalue weighted by Crippen LogP contribution is -2.22. The van der Waals surface area contributed by atoms with Crippen molar-refractivity contribution in [2.75, 3.05) is 31.7 Å². The van der Waals surface area contributed by atoms with Gasteiger partial charge in [0.25, 0.3) is 5.91 Å². The van der Waals surface area contributed by atoms with Gasteiger partial charge in [0.2, 0.25) is 0 Å². The second-order valence-corrected chi connectivity index (χ2v) is 7.49. The van der Waals surface area contributed by atoms with Crippen LogP contribution >= 0.6 is 11.8 Å². The summed E-state index contributed by atoms with van der Waals surface area (Å²) in [5.74, 6) is -0.287. The van der Waals surface area contributed by atoms with E-state index in [9.17, 15) is 18.0 Å². The summed E-state index contributed by atoms with van der Waals surface area (Å²) >= 11 is 1.14. The molecule has 27 heavy (non-hydrogen) atoms. The quantitative estimate of drug-likeness (QED) is 0.723. The first kappa shape index (κ1) is 21.2. The zero-order valence-corrected chi connectivity index (χ0v) is 16.5. The Morgan fingerprint density at radius 2 is 1.81 bits per heavy atom. The van der Waals surface area contributed by atoms with Gasteiger partial charge in [-0.25, -0.2) is 4.98 Å². The molecule has 146 valence electrons. The molecule has 0 saturated carbocycles. The number of carbonyl (C=O) groups excluding carboxylic acids is 1. The number of thioether (sulfide) groups is 1. The summed E-state index contributed by atoms with van der Waals surface area (Å²) in [6.07, 6.45) is -3.55. The molecule has 0 aliphatic carbocycles. The average molecular weight is 397 g/mol. The van der Waals surface area contributed by atoms with Gasteiger partial charge in [0.05, 0.1) is 11.1 Å². The van der Waals surface area contributed by atoms with E-state index in [4.69, 9.17) is 0 Å². The number of aromatic nitrogens is 1. The summed E-state index contributed by atoms with van der Waals surface area (Å²) in [5, 5.41) is 2.72. The van der Waals surface area contributed by atoms with Crippen LogP contribution < -0.4 is 5.32 Å². The molecule has 0 saturated heterocycles. The number of alkyl halides is 3. The van der Waals surface area contributed by atoms with E-state index >= 15 is 0 Å². The van der Waals surface area contributed by atoms with Crippen molar-refractivity contribution >= 4 is 23.4 Å². The van der Waals surface area contributed by atoms with Gasteiger partial charge in [-0.15, -0.1) is 11.8 Å². The maximum absolute atomic E-state index is 13.5. The zero-order chi connectivity index (χ0) is 20.2. The summed E-state index contributed by atoms with van der Waals surface area (Å²) < 4.78 is 40.5. The molecule has 4 nitrogen and oxygen atoms in total. The van der Waals surface area contributed by atoms with Gasteiger partial charge >= 0.3 is 6.18 Å². The zero-order valence-electron chi connectivity index (χ0n) is 15.6. The molecule has 0 fully saturated rings. The van der Waals surface area contributed by atoms with Crippen LogP contribution in [0.4, 0.5) is 18.9 Å². The highest BCUT2D eigenvalue weighted by atomic mass is 32.2. The van der Waals surface area contributed by atoms with Crippen LogP contribution in [0.2, 0.25) is 0 Å². The highest BCUT2D eigenvalue weighted by Crippen LogP contribution is 2.36. The van der Waals surface area contributed by atoms with Crippen molar-refractivity contribution in [1.82, 2.24) is 9.88 Å². The molecule has 1 aromatic heterocycles. The minimum absolute atomic E-state index is 0.0791. The first-order valence-electron chi connectivity index (χ1n) is 8.32. The van der Waals surface area contributed by atoms with Gasteiger partial charge in [-0.1, -0.05) is 18.2 Å². The van der Waals surface area contributed by atoms with Crippen LogP contribution in [0.5, 0.6) is 0 Å². The van der Waals surface area contributed by atoms with E-state index in [0.29, 0.717) is 18.0 Å². The number of amides is 1. The van der Waals surface area contributed by atoms with Crippen molar-refractivity contribution in [2.45, 2.75) is 25.0 Å². The van der Waals surface area contributed by atoms with Crippen LogP contribution in [0.3, 0.4) is 0 Å². The Morgan fingerprint density at radius 1 is 1.19 bits per heavy atom. The number of halogens is 3. The number of anilines is 1. The third-order valence-electron chi connectivity index (χ3n) is 3.95. The van der Waals surface area contributed by atoms with Crippen molar-refractivity contribution in [1.29, 1.82) is 0 Å². The standard InChI is InChI=1S/C19H22F3N3OS/c1-12-6-5-7-13(2)16(12)24-17(26)15-14(19(20,21)22)8-9-23-18(15)27-11-10-25(3)4/h5-9H,10-11H2,1-4H3,(H,24,26). The fraction of sp³-hybridized carbons (Fsp3) is 0.368. The number of aryl methyl sites for hydroxylation is 2. The minimum atomic E-state index is -4.65. The number of nitrogens with zero attached hydrogens (tertiary/aromatic N) is 2. The number of rotatable bonds is 6. The molecular weight excluding hydrogens is 375 g/mol. The van der Waals surface area contributed by atoms with Gasteiger partial charge in [-0.3, -0.25) is 4.79 Å². The predicted molar refractivity (Wildman–Crippen MR) is 102 cm³/mol. The molecule has 1 N–H and O–H groups in total. The molecule has 0 aliphatic heterocycles. The van der Waals surface area contributed by atoms with Gasteiger partial charge in [0.15, 0.2) is 0 Å². The number of para-hydroxylation sites is 1. The first-order chi connectivity index (χ1) is 12.6. The smallest absolute Gasteiger partial charge is 0.321 e. The second-order valence-electron chi connectivity index (χ2n) is 6.41. The molecular formula is C19H22F3N3OS. The van der Waals surface area contributed by atoms with Gasteiger partial charge < -0.3 is 10.2 Å². The fourth-order valence-corrected chi connectivity index (χ4v) is 3.65. The van der Waals surface area contributed by atoms with Crippen molar-refractivity contribution in [3.63, 3.8) is 0 Å². The van der Waals surface area contributed by atoms with Crippen LogP contribution in [0.15, 0.2) is 35.5 Å². The summed E-state index contributed by atoms with van der Waals surface area (Å²) in [4.78, 5) is 18.8. The van der Waals surface area contributed by atoms with Crippen molar-refractivity contribution in [2.24, 2.45) is 0 Å². The van der Waals surface area contributed by atoms with Gasteiger partial charge in [-0.05, 0) is 45.1 Å². The van der Waals surface area contributed by atoms with Crippen LogP contribution in [0.25, 0.3) is 0 Å². The molecule has 0 atom stereocenters. The third-order valence-corrected chi connectivity index (χ3v) is 4.92. The molecule has 2 rings (SSSR count). The molecule has 0 aliphatic rings. The summed E-state index contributed by atoms with van der Waals surface area (Å²) in [5.41, 5.74) is 0.666. The van der Waals surface area contributed by atoms with Crippen LogP contribution in [0.1, 0.15) is 27.0 Å². The van der Waals surface area contributed by atoms with Crippen molar-refractivity contribution in [3.8, 4) is 0 Å². The molecule has 8 heteroatoms. The molecule has 0 unspecified atom stereocenters. The third kappa shape index (κ3) is 5.46. The van der Waals surface area contributed by atoms with Crippen molar-refractivity contribution < 1.29 is 18.0 Å². The Morgan fingerprint density at radius 3 is 2.37 bits per heavy atom. The Kier molecular flexibility index (Phi) is 6.89. The highest BCUT2D eigenvalue weighted by Gasteiger charge is 2.37. The Labute approximate surface area is 161 Å². The largest absolute Gasteiger partial charge is 0.417 e. The molecule has 2 aromatic rings. The number of benzene rings is 1. The molecule has 1 aromatic carbocycles. The Hall–Kier alpha value is -2.06. The fourth-order valence-electron chi connectivity index (χ4n) is 2.52. The van der Waals surface area contributed by atoms with E-state index in [1.54, 1.807) is 26.0 Å². The van der Waals surface area contributed by atoms with Crippen LogP contribution in [0, 0.1) is 13.8 Å². The van der Waals surface area contributed by atoms with E-state index in [-0.39, 0.29) is 5.03 Å². The highest BCUT2D eigenvalue weighted by molar-refractivity contribution is 7.99. The SMILES string of the molecule is Cc1cccc(C)c1NC(=O)c1c(C(F)(F)F)ccnc1SCCN(C)C. The van der Waals surface area contributed by atoms with E-state index < -0.39 is 23.2 Å². The van der Waals surface area contributed by atoms with Crippen molar-refractivity contribution in [3.05, 3.63) is 52.7 Å². The predicted octanol–water partition coefficient (Wildman–Crippen LogP) is 4.62. The Bertz CT molecular complexity index is 802. The monoisotopic (exact) mass is 397 g/mol. The summed E-state index contributed by atoms with van der Waals surface area (Å²) in [6.45, 7) is 4.24. The van der Waals surface area contributed by atoms with E-state index in [1.807, 2.05) is 25.1 Å². The minimum Gasteiger partial charge on any atom is -0.321 e. The van der Waals surface area contributed by atoms with E-state index in [0.717, 1.165) is 35.2 Å². The summed E-state index contributed by atoms with van der Waals surface area (Å²) in [7, 11) is 3.74. The maximum Gasteiger partial charge on any atom is 0.417 e. The normalized spacial score (nSPS) is 11.7. The average Bonchev–Trinajstić information content (AvgIpc) is 2.57. The van der Waals surface area contributed by atoms with E-state index in [2.05, 4.69) is 10.3 Å². The van der Waals surface area contributed by atoms with Crippen LogP contribution in [-0.2, 0) is 6.18 Å². The van der Waals surface area contributed by atoms with Gasteiger partial charge in [0, 0.05) is 24.2 Å². The number of pyridine rings is 1. The second kappa shape index (κ2) is 8.75. The van der Waals surface area contributed by atoms with Gasteiger partial charge in [-0.2, -0.15) is 13.2 Å². The van der Waals surface area contributed by atoms with Crippen LogP contribution in [-0.4, -0.2) is 42.2 Å². The lowest BCUT2D eigenvalue weighted by Gasteiger charge is -2.17. The molecule has 0 bridgehead atoms. The lowest BCUT2D eigenvalue weighted by atomic mass is 10.1. The first-order valence-corrected chi connectivity index (χ1v) is 9.31. The molecule has 0 radical (unpaired) electrons. The lowest BCUT2D eigenvalue weighted by molar-refractivity contribution is -0.138. The van der Waals surface area contributed by atoms with E-state index in [1.165, 1.54) is 0 Å². The topological polar surface area (TPSA) is 45.2 Å². The van der Waals surface area contributed by atoms with Gasteiger partial charge in [0.1, 0.15) is 5.03 Å². The number of hydrogen-bond acceptors (Lipinski definition) is 4. The number of carbonyl (C=O) groups is 1. The number of hydrogen-bond donors (Lipinski definition) is 1. The Balaban J connectivity index is 2.43. The summed E-state index contributed by atoms with van der Waals surface area (Å²) in [6, 6.07) is 6.26. The molecule has 1 amide bonds. The molecule has 0 spiro atoms.